The van der Waals surface area contributed by atoms with Crippen LogP contribution in [0.4, 0.5) is 11.8 Å². The largest absolute Gasteiger partial charge is 0.493 e. The number of benzene rings is 1. The van der Waals surface area contributed by atoms with Gasteiger partial charge in [0.2, 0.25) is 5.95 Å². The second-order valence-electron chi connectivity index (χ2n) is 6.38. The molecule has 1 aliphatic rings. The van der Waals surface area contributed by atoms with Crippen LogP contribution in [0.1, 0.15) is 12.0 Å². The lowest BCUT2D eigenvalue weighted by Crippen LogP contribution is -2.22. The molecule has 1 fully saturated rings. The third kappa shape index (κ3) is 5.22. The Balaban J connectivity index is 1.54. The zero-order valence-electron chi connectivity index (χ0n) is 15.4. The van der Waals surface area contributed by atoms with Crippen LogP contribution in [-0.2, 0) is 16.3 Å². The summed E-state index contributed by atoms with van der Waals surface area (Å²) in [4.78, 5) is 8.57. The van der Waals surface area contributed by atoms with Crippen molar-refractivity contribution in [2.75, 3.05) is 42.9 Å². The van der Waals surface area contributed by atoms with Crippen LogP contribution in [0.25, 0.3) is 0 Å². The van der Waals surface area contributed by atoms with Gasteiger partial charge in [-0.25, -0.2) is 13.4 Å². The molecule has 1 saturated heterocycles. The van der Waals surface area contributed by atoms with Crippen molar-refractivity contribution in [2.24, 2.45) is 0 Å². The van der Waals surface area contributed by atoms with Crippen molar-refractivity contribution in [3.05, 3.63) is 36.0 Å². The van der Waals surface area contributed by atoms with E-state index in [1.807, 2.05) is 18.2 Å². The van der Waals surface area contributed by atoms with Crippen molar-refractivity contribution < 1.29 is 17.9 Å². The number of methoxy groups -OCH3 is 2. The van der Waals surface area contributed by atoms with Crippen LogP contribution in [0.5, 0.6) is 11.5 Å². The summed E-state index contributed by atoms with van der Waals surface area (Å²) in [6.45, 7) is 0.684. The molecule has 146 valence electrons. The van der Waals surface area contributed by atoms with Gasteiger partial charge in [0, 0.05) is 18.8 Å². The van der Waals surface area contributed by atoms with E-state index in [1.54, 1.807) is 26.5 Å². The number of aromatic nitrogens is 2. The molecule has 3 rings (SSSR count). The van der Waals surface area contributed by atoms with E-state index in [9.17, 15) is 8.42 Å². The summed E-state index contributed by atoms with van der Waals surface area (Å²) in [7, 11) is 0.294. The second-order valence-corrected chi connectivity index (χ2v) is 8.60. The van der Waals surface area contributed by atoms with E-state index in [0.717, 1.165) is 12.0 Å². The number of ether oxygens (including phenoxy) is 2. The Hall–Kier alpha value is -2.55. The molecule has 0 aliphatic carbocycles. The van der Waals surface area contributed by atoms with Gasteiger partial charge in [0.15, 0.2) is 21.3 Å². The molecule has 2 aromatic rings. The minimum absolute atomic E-state index is 0.128. The molecule has 27 heavy (non-hydrogen) atoms. The van der Waals surface area contributed by atoms with E-state index in [0.29, 0.717) is 36.2 Å². The van der Waals surface area contributed by atoms with Gasteiger partial charge in [0.25, 0.3) is 0 Å². The summed E-state index contributed by atoms with van der Waals surface area (Å²) >= 11 is 0. The Labute approximate surface area is 159 Å². The molecule has 0 amide bonds. The zero-order chi connectivity index (χ0) is 19.3. The van der Waals surface area contributed by atoms with Gasteiger partial charge in [-0.1, -0.05) is 6.07 Å². The van der Waals surface area contributed by atoms with Gasteiger partial charge in [-0.15, -0.1) is 0 Å². The molecule has 1 aromatic carbocycles. The third-order valence-electron chi connectivity index (χ3n) is 4.39. The first-order valence-electron chi connectivity index (χ1n) is 8.74. The molecule has 9 heteroatoms. The predicted molar refractivity (Wildman–Crippen MR) is 104 cm³/mol. The van der Waals surface area contributed by atoms with Gasteiger partial charge in [0.1, 0.15) is 5.82 Å². The van der Waals surface area contributed by atoms with E-state index in [-0.39, 0.29) is 17.5 Å². The van der Waals surface area contributed by atoms with Crippen LogP contribution in [0.15, 0.2) is 30.5 Å². The SMILES string of the molecule is COc1ccc(CCNc2ccnc(NC3CCS(=O)(=O)C3)n2)cc1OC. The summed E-state index contributed by atoms with van der Waals surface area (Å²) in [6, 6.07) is 7.49. The normalized spacial score (nSPS) is 18.1. The van der Waals surface area contributed by atoms with Gasteiger partial charge in [-0.05, 0) is 36.6 Å². The number of nitrogens with zero attached hydrogens (tertiary/aromatic N) is 2. The predicted octanol–water partition coefficient (Wildman–Crippen LogP) is 1.75. The van der Waals surface area contributed by atoms with Gasteiger partial charge in [-0.3, -0.25) is 0 Å². The van der Waals surface area contributed by atoms with Crippen molar-refractivity contribution in [3.8, 4) is 11.5 Å². The fourth-order valence-corrected chi connectivity index (χ4v) is 4.66. The highest BCUT2D eigenvalue weighted by Crippen LogP contribution is 2.27. The molecule has 1 atom stereocenters. The van der Waals surface area contributed by atoms with E-state index < -0.39 is 9.84 Å². The van der Waals surface area contributed by atoms with Gasteiger partial charge in [0.05, 0.1) is 25.7 Å². The maximum Gasteiger partial charge on any atom is 0.224 e. The summed E-state index contributed by atoms with van der Waals surface area (Å²) < 4.78 is 33.7. The minimum Gasteiger partial charge on any atom is -0.493 e. The third-order valence-corrected chi connectivity index (χ3v) is 6.16. The molecule has 1 aromatic heterocycles. The smallest absolute Gasteiger partial charge is 0.224 e. The lowest BCUT2D eigenvalue weighted by Gasteiger charge is -2.12. The number of rotatable bonds is 8. The number of hydrogen-bond acceptors (Lipinski definition) is 8. The summed E-state index contributed by atoms with van der Waals surface area (Å²) in [6.07, 6.45) is 3.02. The van der Waals surface area contributed by atoms with E-state index >= 15 is 0 Å². The van der Waals surface area contributed by atoms with Crippen molar-refractivity contribution >= 4 is 21.6 Å². The summed E-state index contributed by atoms with van der Waals surface area (Å²) in [5.41, 5.74) is 1.11. The highest BCUT2D eigenvalue weighted by molar-refractivity contribution is 7.91. The quantitative estimate of drug-likeness (QED) is 0.700. The van der Waals surface area contributed by atoms with Crippen molar-refractivity contribution in [1.82, 2.24) is 9.97 Å². The number of nitrogens with one attached hydrogen (secondary N) is 2. The number of sulfone groups is 1. The van der Waals surface area contributed by atoms with Crippen LogP contribution in [0.2, 0.25) is 0 Å². The fraction of sp³-hybridized carbons (Fsp3) is 0.444. The Morgan fingerprint density at radius 2 is 2.00 bits per heavy atom. The molecule has 0 radical (unpaired) electrons. The van der Waals surface area contributed by atoms with Gasteiger partial charge in [-0.2, -0.15) is 4.98 Å². The summed E-state index contributed by atoms with van der Waals surface area (Å²) in [5.74, 6) is 2.88. The van der Waals surface area contributed by atoms with E-state index in [4.69, 9.17) is 9.47 Å². The van der Waals surface area contributed by atoms with Gasteiger partial charge < -0.3 is 20.1 Å². The maximum absolute atomic E-state index is 11.6. The van der Waals surface area contributed by atoms with E-state index in [2.05, 4.69) is 20.6 Å². The average Bonchev–Trinajstić information content (AvgIpc) is 3.00. The van der Waals surface area contributed by atoms with Crippen LogP contribution in [-0.4, -0.2) is 56.7 Å². The Kier molecular flexibility index (Phi) is 6.00. The fourth-order valence-electron chi connectivity index (χ4n) is 2.99. The Morgan fingerprint density at radius 1 is 1.19 bits per heavy atom. The van der Waals surface area contributed by atoms with Crippen LogP contribution in [0.3, 0.4) is 0 Å². The molecular weight excluding hydrogens is 368 g/mol. The van der Waals surface area contributed by atoms with Crippen molar-refractivity contribution in [3.63, 3.8) is 0 Å². The van der Waals surface area contributed by atoms with Crippen molar-refractivity contribution in [1.29, 1.82) is 0 Å². The minimum atomic E-state index is -2.93. The average molecular weight is 392 g/mol. The first kappa shape index (κ1) is 19.2. The second kappa shape index (κ2) is 8.43. The van der Waals surface area contributed by atoms with Crippen LogP contribution < -0.4 is 20.1 Å². The monoisotopic (exact) mass is 392 g/mol. The van der Waals surface area contributed by atoms with E-state index in [1.165, 1.54) is 0 Å². The van der Waals surface area contributed by atoms with Gasteiger partial charge >= 0.3 is 0 Å². The maximum atomic E-state index is 11.6. The molecule has 1 unspecified atom stereocenters. The Bertz CT molecular complexity index is 889. The molecule has 8 nitrogen and oxygen atoms in total. The standard InChI is InChI=1S/C18H24N4O4S/c1-25-15-4-3-13(11-16(15)26-2)5-8-19-17-6-9-20-18(22-17)21-14-7-10-27(23,24)12-14/h3-4,6,9,11,14H,5,7-8,10,12H2,1-2H3,(H2,19,20,21,22). The number of anilines is 2. The highest BCUT2D eigenvalue weighted by atomic mass is 32.2. The molecule has 2 N–H and O–H groups in total. The molecule has 1 aliphatic heterocycles. The van der Waals surface area contributed by atoms with Crippen LogP contribution in [0, 0.1) is 0 Å². The molecule has 2 heterocycles. The zero-order valence-corrected chi connectivity index (χ0v) is 16.3. The van der Waals surface area contributed by atoms with Crippen LogP contribution >= 0.6 is 0 Å². The molecule has 0 bridgehead atoms. The molecule has 0 spiro atoms. The number of hydrogen-bond donors (Lipinski definition) is 2. The summed E-state index contributed by atoms with van der Waals surface area (Å²) in [5, 5.41) is 6.36. The first-order chi connectivity index (χ1) is 13.0. The lowest BCUT2D eigenvalue weighted by molar-refractivity contribution is 0.354. The van der Waals surface area contributed by atoms with Crippen molar-refractivity contribution in [2.45, 2.75) is 18.9 Å². The lowest BCUT2D eigenvalue weighted by atomic mass is 10.1. The molecule has 0 saturated carbocycles. The topological polar surface area (TPSA) is 102 Å². The Morgan fingerprint density at radius 3 is 2.70 bits per heavy atom. The first-order valence-corrected chi connectivity index (χ1v) is 10.6. The molecular formula is C18H24N4O4S. The highest BCUT2D eigenvalue weighted by Gasteiger charge is 2.28.